The molecule has 0 amide bonds. The standard InChI is InChI=1S/C65H45N7O/c1-65(2,3)41-35-36-66-60(37-41)71-55-27-12-11-25-50(55)51-32-31-45(39-59(51)71)73-44-20-15-19-43(38-44)68-40-69-61-52(26-16-30-58(61)68)48-23-9-7-21-46(48)47-22-8-10-24-49(47)53-33-34-54-63(62(53)69)72-57-29-14-13-28-56(57)70(64(72)67-54)42-17-5-4-6-18-42/h4-39H,1-3H3. The Kier molecular flexibility index (Phi) is 8.75. The van der Waals surface area contributed by atoms with Gasteiger partial charge < -0.3 is 4.74 Å². The van der Waals surface area contributed by atoms with Gasteiger partial charge in [0.2, 0.25) is 5.78 Å². The number of aromatic nitrogens is 7. The average Bonchev–Trinajstić information content (AvgIpc) is 4.19. The summed E-state index contributed by atoms with van der Waals surface area (Å²) in [6.45, 7) is 6.71. The number of benzene rings is 9. The van der Waals surface area contributed by atoms with Crippen molar-refractivity contribution in [1.82, 2.24) is 28.1 Å². The zero-order valence-corrected chi connectivity index (χ0v) is 40.3. The monoisotopic (exact) mass is 939 g/mol. The molecule has 9 aromatic carbocycles. The van der Waals surface area contributed by atoms with Gasteiger partial charge in [0, 0.05) is 28.7 Å². The molecule has 1 aliphatic heterocycles. The van der Waals surface area contributed by atoms with Crippen LogP contribution in [0.1, 0.15) is 26.3 Å². The molecular formula is C65H45N7O. The van der Waals surface area contributed by atoms with Crippen molar-refractivity contribution in [3.05, 3.63) is 230 Å². The minimum atomic E-state index is -0.0313. The summed E-state index contributed by atoms with van der Waals surface area (Å²) in [6, 6.07) is 75.4. The van der Waals surface area contributed by atoms with Gasteiger partial charge in [-0.15, -0.1) is 0 Å². The Morgan fingerprint density at radius 1 is 0.479 bits per heavy atom. The van der Waals surface area contributed by atoms with Crippen LogP contribution in [0.25, 0.3) is 117 Å². The highest BCUT2D eigenvalue weighted by molar-refractivity contribution is 6.10. The first-order chi connectivity index (χ1) is 35.9. The third kappa shape index (κ3) is 6.17. The topological polar surface area (TPSA) is 58.1 Å². The van der Waals surface area contributed by atoms with Crippen molar-refractivity contribution in [1.29, 1.82) is 0 Å². The number of hydrogen-bond acceptors (Lipinski definition) is 3. The fourth-order valence-corrected chi connectivity index (χ4v) is 11.5. The molecular weight excluding hydrogens is 895 g/mol. The van der Waals surface area contributed by atoms with Crippen LogP contribution in [0.2, 0.25) is 0 Å². The second-order valence-corrected chi connectivity index (χ2v) is 20.1. The van der Waals surface area contributed by atoms with Crippen molar-refractivity contribution in [2.75, 3.05) is 0 Å². The number of nitrogens with zero attached hydrogens (tertiary/aromatic N) is 7. The van der Waals surface area contributed by atoms with Crippen molar-refractivity contribution < 1.29 is 9.30 Å². The first kappa shape index (κ1) is 41.3. The molecule has 0 saturated heterocycles. The number of rotatable bonds is 5. The van der Waals surface area contributed by atoms with E-state index in [0.29, 0.717) is 5.75 Å². The summed E-state index contributed by atoms with van der Waals surface area (Å²) in [7, 11) is 0. The molecule has 8 heteroatoms. The molecule has 1 aliphatic rings. The quantitative estimate of drug-likeness (QED) is 0.128. The van der Waals surface area contributed by atoms with E-state index in [1.165, 1.54) is 22.1 Å². The lowest BCUT2D eigenvalue weighted by Crippen LogP contribution is -2.31. The molecule has 0 spiro atoms. The highest BCUT2D eigenvalue weighted by atomic mass is 16.5. The highest BCUT2D eigenvalue weighted by Crippen LogP contribution is 2.45. The number of hydrogen-bond donors (Lipinski definition) is 0. The molecule has 346 valence electrons. The normalized spacial score (nSPS) is 12.3. The van der Waals surface area contributed by atoms with Gasteiger partial charge in [0.15, 0.2) is 0 Å². The van der Waals surface area contributed by atoms with Gasteiger partial charge in [-0.3, -0.25) is 22.7 Å². The minimum Gasteiger partial charge on any atom is -0.458 e. The molecule has 0 N–H and O–H groups in total. The van der Waals surface area contributed by atoms with Gasteiger partial charge in [-0.25, -0.2) is 9.97 Å². The number of imidazole rings is 3. The summed E-state index contributed by atoms with van der Waals surface area (Å²) in [5.74, 6) is 3.16. The Morgan fingerprint density at radius 3 is 1.90 bits per heavy atom. The van der Waals surface area contributed by atoms with E-state index < -0.39 is 0 Å². The smallest absolute Gasteiger partial charge is 0.269 e. The Labute approximate surface area is 420 Å². The van der Waals surface area contributed by atoms with E-state index >= 15 is 0 Å². The van der Waals surface area contributed by atoms with Gasteiger partial charge in [-0.1, -0.05) is 148 Å². The molecule has 0 unspecified atom stereocenters. The van der Waals surface area contributed by atoms with Crippen LogP contribution in [-0.4, -0.2) is 28.1 Å². The molecule has 0 aliphatic carbocycles. The van der Waals surface area contributed by atoms with E-state index in [9.17, 15) is 0 Å². The molecule has 0 atom stereocenters. The fraction of sp³-hybridized carbons (Fsp3) is 0.0615. The zero-order valence-electron chi connectivity index (χ0n) is 40.3. The van der Waals surface area contributed by atoms with Crippen LogP contribution < -0.4 is 9.30 Å². The lowest BCUT2D eigenvalue weighted by atomic mass is 9.88. The maximum Gasteiger partial charge on any atom is 0.269 e. The first-order valence-corrected chi connectivity index (χ1v) is 24.8. The Morgan fingerprint density at radius 2 is 1.11 bits per heavy atom. The van der Waals surface area contributed by atoms with E-state index in [1.807, 2.05) is 12.3 Å². The summed E-state index contributed by atoms with van der Waals surface area (Å²) in [6.07, 6.45) is 5.90. The maximum absolute atomic E-state index is 6.89. The summed E-state index contributed by atoms with van der Waals surface area (Å²) in [4.78, 5) is 10.4. The number of ether oxygens (including phenoxy) is 1. The third-order valence-electron chi connectivity index (χ3n) is 14.8. The molecule has 14 aromatic rings. The van der Waals surface area contributed by atoms with Crippen molar-refractivity contribution in [3.63, 3.8) is 0 Å². The summed E-state index contributed by atoms with van der Waals surface area (Å²) in [5.41, 5.74) is 19.1. The SMILES string of the molecule is CC(C)(C)c1ccnc(-n2c3ccccc3c3ccc(Oc4cccc(-n5[c-][n+]6c7c(cccc75)-c5ccccc5-c5ccccc5-c5ccc7nc8n(-c9ccccc9)c9ccccc9n8c7c5-6)c4)cc32)c1. The predicted octanol–water partition coefficient (Wildman–Crippen LogP) is 15.3. The average molecular weight is 940 g/mol. The van der Waals surface area contributed by atoms with Gasteiger partial charge >= 0.3 is 0 Å². The highest BCUT2D eigenvalue weighted by Gasteiger charge is 2.29. The second kappa shape index (κ2) is 15.5. The van der Waals surface area contributed by atoms with Crippen LogP contribution in [0.15, 0.2) is 219 Å². The largest absolute Gasteiger partial charge is 0.458 e. The molecule has 8 nitrogen and oxygen atoms in total. The van der Waals surface area contributed by atoms with E-state index in [0.717, 1.165) is 106 Å². The maximum atomic E-state index is 6.89. The van der Waals surface area contributed by atoms with E-state index in [-0.39, 0.29) is 5.41 Å². The zero-order chi connectivity index (χ0) is 48.5. The van der Waals surface area contributed by atoms with Crippen molar-refractivity contribution in [3.8, 4) is 67.8 Å². The number of pyridine rings is 1. The van der Waals surface area contributed by atoms with Gasteiger partial charge in [-0.2, -0.15) is 0 Å². The molecule has 5 aromatic heterocycles. The van der Waals surface area contributed by atoms with Crippen molar-refractivity contribution in [2.24, 2.45) is 0 Å². The summed E-state index contributed by atoms with van der Waals surface area (Å²) in [5, 5.41) is 2.31. The van der Waals surface area contributed by atoms with Crippen molar-refractivity contribution >= 4 is 60.7 Å². The molecule has 0 radical (unpaired) electrons. The predicted molar refractivity (Wildman–Crippen MR) is 294 cm³/mol. The van der Waals surface area contributed by atoms with Crippen molar-refractivity contribution in [2.45, 2.75) is 26.2 Å². The van der Waals surface area contributed by atoms with Gasteiger partial charge in [0.25, 0.3) is 6.33 Å². The number of para-hydroxylation sites is 5. The first-order valence-electron chi connectivity index (χ1n) is 24.8. The summed E-state index contributed by atoms with van der Waals surface area (Å²) < 4.78 is 18.2. The molecule has 0 fully saturated rings. The van der Waals surface area contributed by atoms with Crippen LogP contribution >= 0.6 is 0 Å². The molecule has 6 heterocycles. The van der Waals surface area contributed by atoms with E-state index in [4.69, 9.17) is 14.7 Å². The summed E-state index contributed by atoms with van der Waals surface area (Å²) >= 11 is 0. The second-order valence-electron chi connectivity index (χ2n) is 20.1. The van der Waals surface area contributed by atoms with Crippen LogP contribution in [0.3, 0.4) is 0 Å². The van der Waals surface area contributed by atoms with Gasteiger partial charge in [-0.05, 0) is 123 Å². The van der Waals surface area contributed by atoms with E-state index in [2.05, 4.69) is 256 Å². The van der Waals surface area contributed by atoms with Crippen LogP contribution in [0.4, 0.5) is 0 Å². The Balaban J connectivity index is 0.955. The lowest BCUT2D eigenvalue weighted by Gasteiger charge is -2.20. The Bertz CT molecular complexity index is 4580. The molecule has 15 rings (SSSR count). The van der Waals surface area contributed by atoms with E-state index in [1.54, 1.807) is 0 Å². The lowest BCUT2D eigenvalue weighted by molar-refractivity contribution is -0.570. The van der Waals surface area contributed by atoms with Crippen LogP contribution in [0, 0.1) is 6.33 Å². The molecule has 73 heavy (non-hydrogen) atoms. The molecule has 0 bridgehead atoms. The Hall–Kier alpha value is -9.53. The third-order valence-corrected chi connectivity index (χ3v) is 14.8. The van der Waals surface area contributed by atoms with Crippen LogP contribution in [0.5, 0.6) is 11.5 Å². The van der Waals surface area contributed by atoms with Gasteiger partial charge in [0.1, 0.15) is 23.0 Å². The molecule has 0 saturated carbocycles. The van der Waals surface area contributed by atoms with Crippen LogP contribution in [-0.2, 0) is 5.41 Å². The number of fused-ring (bicyclic) bond motifs is 16. The minimum absolute atomic E-state index is 0.0313. The van der Waals surface area contributed by atoms with Gasteiger partial charge in [0.05, 0.1) is 49.8 Å². The fourth-order valence-electron chi connectivity index (χ4n) is 11.5.